The minimum Gasteiger partial charge on any atom is -0.381 e. The van der Waals surface area contributed by atoms with E-state index in [0.29, 0.717) is 0 Å². The standard InChI is InChI=1S/C9H18O/c1-3-4-9-7-10-6-5-8(9)2/h8-9H,3-7H2,1-2H3/t8-,9+/m1/s1. The van der Waals surface area contributed by atoms with Crippen molar-refractivity contribution in [2.24, 2.45) is 11.8 Å². The average molecular weight is 142 g/mol. The van der Waals surface area contributed by atoms with Crippen LogP contribution >= 0.6 is 0 Å². The Morgan fingerprint density at radius 2 is 2.30 bits per heavy atom. The van der Waals surface area contributed by atoms with Gasteiger partial charge in [0.05, 0.1) is 0 Å². The second-order valence-electron chi connectivity index (χ2n) is 3.39. The van der Waals surface area contributed by atoms with Gasteiger partial charge in [0.2, 0.25) is 0 Å². The molecule has 0 saturated carbocycles. The molecule has 0 radical (unpaired) electrons. The second kappa shape index (κ2) is 3.97. The molecule has 0 unspecified atom stereocenters. The van der Waals surface area contributed by atoms with E-state index in [0.717, 1.165) is 25.0 Å². The van der Waals surface area contributed by atoms with Crippen LogP contribution < -0.4 is 0 Å². The van der Waals surface area contributed by atoms with E-state index in [1.54, 1.807) is 0 Å². The van der Waals surface area contributed by atoms with E-state index in [9.17, 15) is 0 Å². The van der Waals surface area contributed by atoms with Crippen LogP contribution in [0.1, 0.15) is 33.1 Å². The fourth-order valence-corrected chi connectivity index (χ4v) is 1.64. The lowest BCUT2D eigenvalue weighted by Gasteiger charge is -2.28. The van der Waals surface area contributed by atoms with Gasteiger partial charge in [-0.05, 0) is 24.7 Å². The van der Waals surface area contributed by atoms with Crippen molar-refractivity contribution in [3.63, 3.8) is 0 Å². The monoisotopic (exact) mass is 142 g/mol. The van der Waals surface area contributed by atoms with Gasteiger partial charge in [-0.3, -0.25) is 0 Å². The SMILES string of the molecule is CCC[C@H]1COCC[C@H]1C. The van der Waals surface area contributed by atoms with Crippen LogP contribution in [0.3, 0.4) is 0 Å². The Balaban J connectivity index is 2.25. The summed E-state index contributed by atoms with van der Waals surface area (Å²) in [5.41, 5.74) is 0. The largest absolute Gasteiger partial charge is 0.381 e. The molecule has 1 aliphatic rings. The molecule has 10 heavy (non-hydrogen) atoms. The van der Waals surface area contributed by atoms with Crippen molar-refractivity contribution in [3.8, 4) is 0 Å². The summed E-state index contributed by atoms with van der Waals surface area (Å²) in [5.74, 6) is 1.74. The summed E-state index contributed by atoms with van der Waals surface area (Å²) in [4.78, 5) is 0. The molecule has 1 heterocycles. The third kappa shape index (κ3) is 1.98. The first kappa shape index (κ1) is 8.06. The van der Waals surface area contributed by atoms with E-state index in [-0.39, 0.29) is 0 Å². The molecule has 1 rings (SSSR count). The predicted molar refractivity (Wildman–Crippen MR) is 43.0 cm³/mol. The first-order chi connectivity index (χ1) is 4.84. The van der Waals surface area contributed by atoms with E-state index in [2.05, 4.69) is 13.8 Å². The molecule has 60 valence electrons. The lowest BCUT2D eigenvalue weighted by molar-refractivity contribution is 0.0191. The highest BCUT2D eigenvalue weighted by atomic mass is 16.5. The van der Waals surface area contributed by atoms with Gasteiger partial charge in [0.1, 0.15) is 0 Å². The minimum atomic E-state index is 0.846. The van der Waals surface area contributed by atoms with Gasteiger partial charge in [0.15, 0.2) is 0 Å². The summed E-state index contributed by atoms with van der Waals surface area (Å²) < 4.78 is 5.41. The number of hydrogen-bond donors (Lipinski definition) is 0. The third-order valence-corrected chi connectivity index (χ3v) is 2.51. The number of hydrogen-bond acceptors (Lipinski definition) is 1. The maximum Gasteiger partial charge on any atom is 0.0496 e. The maximum atomic E-state index is 5.41. The first-order valence-corrected chi connectivity index (χ1v) is 4.42. The molecule has 1 heteroatoms. The Morgan fingerprint density at radius 3 is 2.90 bits per heavy atom. The highest BCUT2D eigenvalue weighted by Crippen LogP contribution is 2.24. The van der Waals surface area contributed by atoms with Crippen LogP contribution in [0.4, 0.5) is 0 Å². The van der Waals surface area contributed by atoms with Crippen LogP contribution in [-0.2, 0) is 4.74 Å². The summed E-state index contributed by atoms with van der Waals surface area (Å²) in [7, 11) is 0. The van der Waals surface area contributed by atoms with Gasteiger partial charge in [-0.15, -0.1) is 0 Å². The van der Waals surface area contributed by atoms with E-state index in [1.165, 1.54) is 19.3 Å². The average Bonchev–Trinajstić information content (AvgIpc) is 1.94. The molecular weight excluding hydrogens is 124 g/mol. The number of ether oxygens (including phenoxy) is 1. The molecule has 0 aromatic rings. The van der Waals surface area contributed by atoms with Crippen LogP contribution in [0.15, 0.2) is 0 Å². The van der Waals surface area contributed by atoms with Crippen LogP contribution in [0, 0.1) is 11.8 Å². The zero-order chi connectivity index (χ0) is 7.40. The summed E-state index contributed by atoms with van der Waals surface area (Å²) in [6.07, 6.45) is 3.92. The lowest BCUT2D eigenvalue weighted by atomic mass is 9.87. The van der Waals surface area contributed by atoms with Crippen LogP contribution in [0.5, 0.6) is 0 Å². The van der Waals surface area contributed by atoms with Gasteiger partial charge in [-0.1, -0.05) is 20.3 Å². The van der Waals surface area contributed by atoms with E-state index in [1.807, 2.05) is 0 Å². The fourth-order valence-electron chi connectivity index (χ4n) is 1.64. The van der Waals surface area contributed by atoms with Gasteiger partial charge in [-0.25, -0.2) is 0 Å². The molecule has 1 aliphatic heterocycles. The molecule has 2 atom stereocenters. The zero-order valence-electron chi connectivity index (χ0n) is 7.10. The topological polar surface area (TPSA) is 9.23 Å². The summed E-state index contributed by atoms with van der Waals surface area (Å²) >= 11 is 0. The van der Waals surface area contributed by atoms with E-state index in [4.69, 9.17) is 4.74 Å². The quantitative estimate of drug-likeness (QED) is 0.575. The van der Waals surface area contributed by atoms with Crippen molar-refractivity contribution in [3.05, 3.63) is 0 Å². The minimum absolute atomic E-state index is 0.846. The Bertz CT molecular complexity index is 88.7. The molecule has 1 saturated heterocycles. The molecule has 0 amide bonds. The van der Waals surface area contributed by atoms with Crippen molar-refractivity contribution in [1.29, 1.82) is 0 Å². The smallest absolute Gasteiger partial charge is 0.0496 e. The van der Waals surface area contributed by atoms with Gasteiger partial charge >= 0.3 is 0 Å². The van der Waals surface area contributed by atoms with Gasteiger partial charge in [0.25, 0.3) is 0 Å². The van der Waals surface area contributed by atoms with Crippen LogP contribution in [0.25, 0.3) is 0 Å². The van der Waals surface area contributed by atoms with Gasteiger partial charge < -0.3 is 4.74 Å². The first-order valence-electron chi connectivity index (χ1n) is 4.42. The van der Waals surface area contributed by atoms with Crippen molar-refractivity contribution >= 4 is 0 Å². The normalized spacial score (nSPS) is 34.2. The molecule has 0 N–H and O–H groups in total. The van der Waals surface area contributed by atoms with E-state index >= 15 is 0 Å². The Labute approximate surface area is 63.8 Å². The Hall–Kier alpha value is -0.0400. The number of rotatable bonds is 2. The van der Waals surface area contributed by atoms with Crippen molar-refractivity contribution in [1.82, 2.24) is 0 Å². The van der Waals surface area contributed by atoms with E-state index < -0.39 is 0 Å². The molecule has 1 nitrogen and oxygen atoms in total. The summed E-state index contributed by atoms with van der Waals surface area (Å²) in [5, 5.41) is 0. The molecule has 1 fully saturated rings. The molecule has 0 aromatic carbocycles. The van der Waals surface area contributed by atoms with Crippen LogP contribution in [0.2, 0.25) is 0 Å². The third-order valence-electron chi connectivity index (χ3n) is 2.51. The van der Waals surface area contributed by atoms with Crippen LogP contribution in [-0.4, -0.2) is 13.2 Å². The molecule has 0 aromatic heterocycles. The van der Waals surface area contributed by atoms with Gasteiger partial charge in [0, 0.05) is 13.2 Å². The molecular formula is C9H18O. The van der Waals surface area contributed by atoms with Crippen molar-refractivity contribution < 1.29 is 4.74 Å². The summed E-state index contributed by atoms with van der Waals surface area (Å²) in [6.45, 7) is 6.60. The van der Waals surface area contributed by atoms with Gasteiger partial charge in [-0.2, -0.15) is 0 Å². The molecule has 0 spiro atoms. The fraction of sp³-hybridized carbons (Fsp3) is 1.00. The molecule has 0 bridgehead atoms. The zero-order valence-corrected chi connectivity index (χ0v) is 7.10. The van der Waals surface area contributed by atoms with Crippen molar-refractivity contribution in [2.75, 3.05) is 13.2 Å². The maximum absolute atomic E-state index is 5.41. The van der Waals surface area contributed by atoms with Crippen molar-refractivity contribution in [2.45, 2.75) is 33.1 Å². The Morgan fingerprint density at radius 1 is 1.50 bits per heavy atom. The summed E-state index contributed by atoms with van der Waals surface area (Å²) in [6, 6.07) is 0. The highest BCUT2D eigenvalue weighted by Gasteiger charge is 2.20. The lowest BCUT2D eigenvalue weighted by Crippen LogP contribution is -2.25. The Kier molecular flexibility index (Phi) is 3.20. The highest BCUT2D eigenvalue weighted by molar-refractivity contribution is 4.69. The predicted octanol–water partition coefficient (Wildman–Crippen LogP) is 2.46. The second-order valence-corrected chi connectivity index (χ2v) is 3.39. The molecule has 0 aliphatic carbocycles.